The second-order valence-electron chi connectivity index (χ2n) is 11.3. The highest BCUT2D eigenvalue weighted by atomic mass is 31.1. The van der Waals surface area contributed by atoms with Crippen LogP contribution in [-0.4, -0.2) is 9.97 Å². The minimum atomic E-state index is -0.872. The predicted octanol–water partition coefficient (Wildman–Crippen LogP) is 8.76. The average Bonchev–Trinajstić information content (AvgIpc) is 2.99. The van der Waals surface area contributed by atoms with Crippen LogP contribution in [0.5, 0.6) is 0 Å². The quantitative estimate of drug-likeness (QED) is 0.192. The number of benzene rings is 4. The minimum absolute atomic E-state index is 0.0367. The first-order valence-electron chi connectivity index (χ1n) is 13.8. The van der Waals surface area contributed by atoms with Crippen LogP contribution in [0, 0.1) is 0 Å². The van der Waals surface area contributed by atoms with Gasteiger partial charge >= 0.3 is 0 Å². The van der Waals surface area contributed by atoms with Crippen molar-refractivity contribution in [1.82, 2.24) is 9.97 Å². The van der Waals surface area contributed by atoms with Gasteiger partial charge < -0.3 is 0 Å². The summed E-state index contributed by atoms with van der Waals surface area (Å²) < 4.78 is 0. The highest BCUT2D eigenvalue weighted by Gasteiger charge is 2.28. The molecule has 198 valence electrons. The van der Waals surface area contributed by atoms with E-state index in [1.807, 2.05) is 0 Å². The van der Waals surface area contributed by atoms with Crippen molar-refractivity contribution in [2.75, 3.05) is 0 Å². The highest BCUT2D eigenvalue weighted by Crippen LogP contribution is 2.45. The molecule has 2 nitrogen and oxygen atoms in total. The first kappa shape index (κ1) is 26.8. The molecule has 4 heteroatoms. The molecule has 0 amide bonds. The summed E-state index contributed by atoms with van der Waals surface area (Å²) >= 11 is 0. The summed E-state index contributed by atoms with van der Waals surface area (Å²) in [6.45, 7) is 7.03. The van der Waals surface area contributed by atoms with Crippen molar-refractivity contribution >= 4 is 49.8 Å². The normalized spacial score (nSPS) is 11.9. The summed E-state index contributed by atoms with van der Waals surface area (Å²) in [5.74, 6) is 0. The second kappa shape index (κ2) is 11.2. The Morgan fingerprint density at radius 1 is 0.625 bits per heavy atom. The van der Waals surface area contributed by atoms with E-state index in [4.69, 9.17) is 9.97 Å². The summed E-state index contributed by atoms with van der Waals surface area (Å²) in [6.07, 6.45) is 1.80. The minimum Gasteiger partial charge on any atom is -0.248 e. The van der Waals surface area contributed by atoms with E-state index in [0.29, 0.717) is 0 Å². The number of fused-ring (bicyclic) bond motifs is 2. The molecule has 0 aliphatic carbocycles. The van der Waals surface area contributed by atoms with Crippen LogP contribution in [0.1, 0.15) is 37.5 Å². The molecule has 0 aliphatic rings. The van der Waals surface area contributed by atoms with E-state index in [9.17, 15) is 0 Å². The van der Waals surface area contributed by atoms with E-state index >= 15 is 0 Å². The Hall–Kier alpha value is -3.44. The first-order chi connectivity index (χ1) is 19.4. The lowest BCUT2D eigenvalue weighted by Gasteiger charge is -2.30. The number of aromatic nitrogens is 2. The van der Waals surface area contributed by atoms with Gasteiger partial charge in [-0.3, -0.25) is 0 Å². The Balaban J connectivity index is 1.58. The van der Waals surface area contributed by atoms with Crippen molar-refractivity contribution in [1.29, 1.82) is 0 Å². The first-order valence-corrected chi connectivity index (χ1v) is 16.2. The molecular formula is C36H34N2P2. The molecule has 0 spiro atoms. The zero-order chi connectivity index (χ0) is 27.7. The Morgan fingerprint density at radius 3 is 1.73 bits per heavy atom. The van der Waals surface area contributed by atoms with Crippen LogP contribution in [0.4, 0.5) is 0 Å². The van der Waals surface area contributed by atoms with Gasteiger partial charge in [-0.15, -0.1) is 9.24 Å². The van der Waals surface area contributed by atoms with Crippen LogP contribution in [0.2, 0.25) is 0 Å². The molecule has 0 radical (unpaired) electrons. The Bertz CT molecular complexity index is 1730. The van der Waals surface area contributed by atoms with Gasteiger partial charge in [0.15, 0.2) is 0 Å². The molecule has 2 aromatic heterocycles. The number of hydrogen-bond acceptors (Lipinski definition) is 2. The molecule has 1 atom stereocenters. The lowest BCUT2D eigenvalue weighted by atomic mass is 9.78. The van der Waals surface area contributed by atoms with Gasteiger partial charge in [0.1, 0.15) is 0 Å². The molecule has 0 saturated heterocycles. The Kier molecular flexibility index (Phi) is 7.50. The van der Waals surface area contributed by atoms with Crippen LogP contribution in [0.25, 0.3) is 32.9 Å². The maximum Gasteiger partial charge on any atom is 0.0709 e. The van der Waals surface area contributed by atoms with Gasteiger partial charge in [-0.2, -0.15) is 0 Å². The predicted molar refractivity (Wildman–Crippen MR) is 177 cm³/mol. The number of hydrogen-bond donors (Lipinski definition) is 0. The summed E-state index contributed by atoms with van der Waals surface area (Å²) in [5.41, 5.74) is 11.1. The fraction of sp³-hybridized carbons (Fsp3) is 0.167. The smallest absolute Gasteiger partial charge is 0.0709 e. The molecule has 0 fully saturated rings. The molecule has 40 heavy (non-hydrogen) atoms. The lowest BCUT2D eigenvalue weighted by Crippen LogP contribution is -2.22. The topological polar surface area (TPSA) is 25.8 Å². The SMILES string of the molecule is CC(C)(C)c1c(-c2ccccc2)ccc(CP)c1CP(c1ccc2ccccc2n1)c1ccc2ccccc2n1. The standard InChI is InChI=1S/C36H34N2P2/c1-36(2,3)35-29(25-11-5-4-6-12-25)20-17-28(23-39)30(35)24-40(33-21-18-26-13-7-9-15-31(26)37-33)34-22-19-27-14-8-10-16-32(27)38-34/h4-22H,23-24,39H2,1-3H3. The van der Waals surface area contributed by atoms with Crippen LogP contribution in [0.15, 0.2) is 115 Å². The molecule has 4 aromatic carbocycles. The van der Waals surface area contributed by atoms with Gasteiger partial charge in [-0.25, -0.2) is 9.97 Å². The van der Waals surface area contributed by atoms with E-state index < -0.39 is 7.92 Å². The maximum absolute atomic E-state index is 5.24. The van der Waals surface area contributed by atoms with Gasteiger partial charge in [-0.1, -0.05) is 112 Å². The van der Waals surface area contributed by atoms with E-state index in [2.05, 4.69) is 145 Å². The fourth-order valence-corrected chi connectivity index (χ4v) is 8.21. The molecule has 0 saturated carbocycles. The zero-order valence-corrected chi connectivity index (χ0v) is 25.4. The second-order valence-corrected chi connectivity index (χ2v) is 13.8. The molecule has 2 heterocycles. The van der Waals surface area contributed by atoms with Crippen molar-refractivity contribution in [2.24, 2.45) is 0 Å². The fourth-order valence-electron chi connectivity index (χ4n) is 5.63. The molecule has 6 rings (SSSR count). The molecule has 6 aromatic rings. The molecule has 1 unspecified atom stereocenters. The van der Waals surface area contributed by atoms with Crippen molar-refractivity contribution in [3.8, 4) is 11.1 Å². The van der Waals surface area contributed by atoms with Gasteiger partial charge in [0.2, 0.25) is 0 Å². The van der Waals surface area contributed by atoms with Gasteiger partial charge in [-0.05, 0) is 63.7 Å². The van der Waals surface area contributed by atoms with E-state index in [1.165, 1.54) is 38.6 Å². The van der Waals surface area contributed by atoms with Gasteiger partial charge in [0, 0.05) is 24.9 Å². The van der Waals surface area contributed by atoms with Crippen LogP contribution in [-0.2, 0) is 17.7 Å². The number of rotatable bonds is 6. The summed E-state index contributed by atoms with van der Waals surface area (Å²) in [5, 5.41) is 2.33. The van der Waals surface area contributed by atoms with E-state index in [0.717, 1.165) is 34.2 Å². The third kappa shape index (κ3) is 5.32. The monoisotopic (exact) mass is 556 g/mol. The average molecular weight is 557 g/mol. The maximum atomic E-state index is 5.24. The van der Waals surface area contributed by atoms with E-state index in [1.54, 1.807) is 0 Å². The van der Waals surface area contributed by atoms with E-state index in [-0.39, 0.29) is 5.41 Å². The lowest BCUT2D eigenvalue weighted by molar-refractivity contribution is 0.586. The summed E-state index contributed by atoms with van der Waals surface area (Å²) in [7, 11) is 2.10. The molecular weight excluding hydrogens is 522 g/mol. The highest BCUT2D eigenvalue weighted by molar-refractivity contribution is 7.71. The van der Waals surface area contributed by atoms with Crippen molar-refractivity contribution < 1.29 is 0 Å². The summed E-state index contributed by atoms with van der Waals surface area (Å²) in [4.78, 5) is 10.5. The number of pyridine rings is 2. The Labute approximate surface area is 240 Å². The molecule has 0 bridgehead atoms. The zero-order valence-electron chi connectivity index (χ0n) is 23.3. The van der Waals surface area contributed by atoms with Gasteiger partial charge in [0.25, 0.3) is 0 Å². The van der Waals surface area contributed by atoms with Crippen molar-refractivity contribution in [3.63, 3.8) is 0 Å². The van der Waals surface area contributed by atoms with Crippen LogP contribution in [0.3, 0.4) is 0 Å². The third-order valence-electron chi connectivity index (χ3n) is 7.50. The molecule has 0 N–H and O–H groups in total. The molecule has 0 aliphatic heterocycles. The van der Waals surface area contributed by atoms with Crippen molar-refractivity contribution in [2.45, 2.75) is 38.5 Å². The number of nitrogens with zero attached hydrogens (tertiary/aromatic N) is 2. The summed E-state index contributed by atoms with van der Waals surface area (Å²) in [6, 6.07) is 41.2. The number of para-hydroxylation sites is 2. The third-order valence-corrected chi connectivity index (χ3v) is 10.2. The van der Waals surface area contributed by atoms with Crippen LogP contribution < -0.4 is 10.9 Å². The Morgan fingerprint density at radius 2 is 1.18 bits per heavy atom. The van der Waals surface area contributed by atoms with Gasteiger partial charge in [0.05, 0.1) is 21.9 Å². The van der Waals surface area contributed by atoms with Crippen LogP contribution >= 0.6 is 17.2 Å². The van der Waals surface area contributed by atoms with Crippen molar-refractivity contribution in [3.05, 3.63) is 132 Å². The largest absolute Gasteiger partial charge is 0.248 e.